The lowest BCUT2D eigenvalue weighted by molar-refractivity contribution is -0.207. The normalized spacial score (nSPS) is 38.4. The van der Waals surface area contributed by atoms with Gasteiger partial charge in [-0.1, -0.05) is 12.8 Å². The molecule has 0 unspecified atom stereocenters. The van der Waals surface area contributed by atoms with Crippen LogP contribution >= 0.6 is 0 Å². The molecule has 6 nitrogen and oxygen atoms in total. The molecule has 3 rings (SSSR count). The molecular formula is C18H26O6. The van der Waals surface area contributed by atoms with Crippen molar-refractivity contribution in [3.05, 3.63) is 0 Å². The predicted molar refractivity (Wildman–Crippen MR) is 84.1 cm³/mol. The van der Waals surface area contributed by atoms with E-state index >= 15 is 0 Å². The van der Waals surface area contributed by atoms with E-state index in [0.29, 0.717) is 6.42 Å². The predicted octanol–water partition coefficient (Wildman–Crippen LogP) is 2.18. The molecule has 2 heterocycles. The minimum absolute atomic E-state index is 0.169. The maximum Gasteiger partial charge on any atom is 0.347 e. The molecular weight excluding hydrogens is 312 g/mol. The minimum Gasteiger partial charge on any atom is -0.469 e. The van der Waals surface area contributed by atoms with Gasteiger partial charge in [0.2, 0.25) is 5.60 Å². The Morgan fingerprint density at radius 2 is 1.92 bits per heavy atom. The molecule has 0 aromatic rings. The number of ketones is 1. The van der Waals surface area contributed by atoms with Gasteiger partial charge in [0, 0.05) is 12.3 Å². The Balaban J connectivity index is 2.09. The topological polar surface area (TPSA) is 78.9 Å². The average molecular weight is 338 g/mol. The van der Waals surface area contributed by atoms with E-state index in [4.69, 9.17) is 14.2 Å². The van der Waals surface area contributed by atoms with Crippen LogP contribution < -0.4 is 0 Å². The third-order valence-corrected chi connectivity index (χ3v) is 5.59. The van der Waals surface area contributed by atoms with Crippen LogP contribution in [0.3, 0.4) is 0 Å². The lowest BCUT2D eigenvalue weighted by atomic mass is 9.69. The number of carbonyl (C=O) groups is 3. The van der Waals surface area contributed by atoms with Crippen molar-refractivity contribution in [3.8, 4) is 0 Å². The van der Waals surface area contributed by atoms with Crippen LogP contribution in [0.1, 0.15) is 59.3 Å². The first-order chi connectivity index (χ1) is 11.2. The van der Waals surface area contributed by atoms with Crippen molar-refractivity contribution >= 4 is 17.7 Å². The van der Waals surface area contributed by atoms with Crippen LogP contribution in [0.5, 0.6) is 0 Å². The molecule has 1 aliphatic carbocycles. The van der Waals surface area contributed by atoms with Crippen molar-refractivity contribution in [1.82, 2.24) is 0 Å². The summed E-state index contributed by atoms with van der Waals surface area (Å²) >= 11 is 0. The number of rotatable bonds is 2. The zero-order valence-electron chi connectivity index (χ0n) is 14.8. The van der Waals surface area contributed by atoms with E-state index in [9.17, 15) is 14.4 Å². The molecule has 0 amide bonds. The molecule has 1 spiro atoms. The third kappa shape index (κ3) is 2.38. The molecule has 0 N–H and O–H groups in total. The molecule has 3 aliphatic rings. The fourth-order valence-electron chi connectivity index (χ4n) is 4.70. The van der Waals surface area contributed by atoms with Gasteiger partial charge in [-0.05, 0) is 40.0 Å². The maximum absolute atomic E-state index is 13.0. The maximum atomic E-state index is 13.0. The van der Waals surface area contributed by atoms with Crippen molar-refractivity contribution in [2.45, 2.75) is 76.1 Å². The van der Waals surface area contributed by atoms with Crippen LogP contribution in [-0.4, -0.2) is 41.6 Å². The van der Waals surface area contributed by atoms with Gasteiger partial charge in [0.1, 0.15) is 11.5 Å². The molecule has 6 heteroatoms. The van der Waals surface area contributed by atoms with Gasteiger partial charge in [0.05, 0.1) is 12.7 Å². The summed E-state index contributed by atoms with van der Waals surface area (Å²) < 4.78 is 16.7. The first-order valence-electron chi connectivity index (χ1n) is 8.71. The highest BCUT2D eigenvalue weighted by atomic mass is 16.6. The number of Topliss-reactive ketones (excluding diaryl/α,β-unsaturated/α-hetero) is 1. The van der Waals surface area contributed by atoms with Crippen LogP contribution in [0, 0.1) is 11.8 Å². The summed E-state index contributed by atoms with van der Waals surface area (Å²) in [6.45, 7) is 5.21. The van der Waals surface area contributed by atoms with Gasteiger partial charge >= 0.3 is 11.9 Å². The summed E-state index contributed by atoms with van der Waals surface area (Å²) in [5, 5.41) is 0. The van der Waals surface area contributed by atoms with Crippen LogP contribution in [0.2, 0.25) is 0 Å². The SMILES string of the molecule is COC(=O)[C@H]1[C@@H]2CCCC[C@@]23CCC(=O)[C@]1(C(=O)OC(C)(C)C)O3. The van der Waals surface area contributed by atoms with Gasteiger partial charge in [-0.3, -0.25) is 9.59 Å². The van der Waals surface area contributed by atoms with E-state index in [1.54, 1.807) is 20.8 Å². The fraction of sp³-hybridized carbons (Fsp3) is 0.833. The summed E-state index contributed by atoms with van der Waals surface area (Å²) in [6.07, 6.45) is 4.27. The zero-order chi connectivity index (χ0) is 17.8. The van der Waals surface area contributed by atoms with Crippen LogP contribution in [0.4, 0.5) is 0 Å². The Kier molecular flexibility index (Phi) is 4.02. The Morgan fingerprint density at radius 3 is 2.54 bits per heavy atom. The van der Waals surface area contributed by atoms with E-state index in [0.717, 1.165) is 25.7 Å². The van der Waals surface area contributed by atoms with Gasteiger partial charge < -0.3 is 14.2 Å². The largest absolute Gasteiger partial charge is 0.469 e. The Bertz CT molecular complexity index is 577. The Labute approximate surface area is 142 Å². The lowest BCUT2D eigenvalue weighted by Gasteiger charge is -2.42. The molecule has 2 saturated heterocycles. The van der Waals surface area contributed by atoms with Crippen molar-refractivity contribution in [3.63, 3.8) is 0 Å². The van der Waals surface area contributed by atoms with Gasteiger partial charge in [-0.2, -0.15) is 0 Å². The number of fused-ring (bicyclic) bond motifs is 1. The highest BCUT2D eigenvalue weighted by Gasteiger charge is 2.74. The number of carbonyl (C=O) groups excluding carboxylic acids is 3. The molecule has 2 aliphatic heterocycles. The summed E-state index contributed by atoms with van der Waals surface area (Å²) in [5.41, 5.74) is -3.19. The summed E-state index contributed by atoms with van der Waals surface area (Å²) in [6, 6.07) is 0. The molecule has 0 aromatic heterocycles. The molecule has 4 atom stereocenters. The molecule has 1 saturated carbocycles. The van der Waals surface area contributed by atoms with E-state index < -0.39 is 34.7 Å². The van der Waals surface area contributed by atoms with Crippen molar-refractivity contribution in [2.75, 3.05) is 7.11 Å². The van der Waals surface area contributed by atoms with Crippen molar-refractivity contribution in [2.24, 2.45) is 11.8 Å². The van der Waals surface area contributed by atoms with Crippen LogP contribution in [0.25, 0.3) is 0 Å². The molecule has 3 fully saturated rings. The number of ether oxygens (including phenoxy) is 3. The first-order valence-corrected chi connectivity index (χ1v) is 8.71. The van der Waals surface area contributed by atoms with Crippen LogP contribution in [0.15, 0.2) is 0 Å². The molecule has 134 valence electrons. The van der Waals surface area contributed by atoms with Gasteiger partial charge in [0.15, 0.2) is 5.78 Å². The Hall–Kier alpha value is -1.43. The van der Waals surface area contributed by atoms with Gasteiger partial charge in [-0.15, -0.1) is 0 Å². The number of esters is 2. The molecule has 0 radical (unpaired) electrons. The van der Waals surface area contributed by atoms with E-state index in [-0.39, 0.29) is 18.1 Å². The van der Waals surface area contributed by atoms with Crippen molar-refractivity contribution in [1.29, 1.82) is 0 Å². The minimum atomic E-state index is -1.84. The van der Waals surface area contributed by atoms with Crippen LogP contribution in [-0.2, 0) is 28.6 Å². The monoisotopic (exact) mass is 338 g/mol. The molecule has 0 aromatic carbocycles. The average Bonchev–Trinajstić information content (AvgIpc) is 2.77. The zero-order valence-corrected chi connectivity index (χ0v) is 14.8. The fourth-order valence-corrected chi connectivity index (χ4v) is 4.70. The van der Waals surface area contributed by atoms with Crippen molar-refractivity contribution < 1.29 is 28.6 Å². The molecule has 24 heavy (non-hydrogen) atoms. The second-order valence-corrected chi connectivity index (χ2v) is 8.18. The van der Waals surface area contributed by atoms with E-state index in [2.05, 4.69) is 0 Å². The highest BCUT2D eigenvalue weighted by Crippen LogP contribution is 2.59. The highest BCUT2D eigenvalue weighted by molar-refractivity contribution is 6.12. The quantitative estimate of drug-likeness (QED) is 0.567. The third-order valence-electron chi connectivity index (χ3n) is 5.59. The summed E-state index contributed by atoms with van der Waals surface area (Å²) in [7, 11) is 1.29. The van der Waals surface area contributed by atoms with Gasteiger partial charge in [0.25, 0.3) is 0 Å². The first kappa shape index (κ1) is 17.4. The summed E-state index contributed by atoms with van der Waals surface area (Å²) in [5.74, 6) is -2.73. The second-order valence-electron chi connectivity index (χ2n) is 8.18. The number of methoxy groups -OCH3 is 1. The van der Waals surface area contributed by atoms with E-state index in [1.165, 1.54) is 7.11 Å². The lowest BCUT2D eigenvalue weighted by Crippen LogP contribution is -2.58. The second kappa shape index (κ2) is 5.55. The standard InChI is InChI=1S/C18H26O6/c1-16(2,3)23-15(21)18-12(19)8-10-17(24-18)9-6-5-7-11(17)13(18)14(20)22-4/h11,13H,5-10H2,1-4H3/t11-,13+,17+,18-/m0/s1. The number of hydrogen-bond acceptors (Lipinski definition) is 6. The molecule has 2 bridgehead atoms. The van der Waals surface area contributed by atoms with Gasteiger partial charge in [-0.25, -0.2) is 4.79 Å². The smallest absolute Gasteiger partial charge is 0.347 e. The van der Waals surface area contributed by atoms with E-state index in [1.807, 2.05) is 0 Å². The Morgan fingerprint density at radius 1 is 1.21 bits per heavy atom. The summed E-state index contributed by atoms with van der Waals surface area (Å²) in [4.78, 5) is 38.4. The number of hydrogen-bond donors (Lipinski definition) is 0.